The summed E-state index contributed by atoms with van der Waals surface area (Å²) in [7, 11) is 0. The Morgan fingerprint density at radius 2 is 1.61 bits per heavy atom. The molecule has 0 N–H and O–H groups in total. The van der Waals surface area contributed by atoms with E-state index in [0.717, 1.165) is 24.8 Å². The Kier molecular flexibility index (Phi) is 9.87. The second-order valence-corrected chi connectivity index (χ2v) is 11.7. The molecule has 1 heterocycles. The third-order valence-corrected chi connectivity index (χ3v) is 7.08. The van der Waals surface area contributed by atoms with E-state index in [1.807, 2.05) is 36.9 Å². The highest BCUT2D eigenvalue weighted by Gasteiger charge is 2.38. The molecule has 4 heteroatoms. The topological polar surface area (TPSA) is 54.5 Å². The fraction of sp³-hybridized carbons (Fsp3) is 0.690. The number of likely N-dealkylation sites (tertiary alicyclic amines) is 1. The van der Waals surface area contributed by atoms with Gasteiger partial charge in [-0.1, -0.05) is 85.2 Å². The summed E-state index contributed by atoms with van der Waals surface area (Å²) < 4.78 is 0. The monoisotopic (exact) mass is 455 g/mol. The van der Waals surface area contributed by atoms with E-state index in [0.29, 0.717) is 25.3 Å². The molecule has 184 valence electrons. The highest BCUT2D eigenvalue weighted by molar-refractivity contribution is 5.93. The van der Waals surface area contributed by atoms with Gasteiger partial charge in [0.05, 0.1) is 6.04 Å². The molecule has 0 radical (unpaired) electrons. The number of hydrogen-bond acceptors (Lipinski definition) is 3. The van der Waals surface area contributed by atoms with Crippen molar-refractivity contribution in [3.63, 3.8) is 0 Å². The average molecular weight is 456 g/mol. The van der Waals surface area contributed by atoms with Gasteiger partial charge in [-0.05, 0) is 42.1 Å². The summed E-state index contributed by atoms with van der Waals surface area (Å²) in [5, 5.41) is 0. The smallest absolute Gasteiger partial charge is 0.223 e. The molecule has 1 aromatic rings. The van der Waals surface area contributed by atoms with Crippen LogP contribution in [0.2, 0.25) is 0 Å². The largest absolute Gasteiger partial charge is 0.333 e. The van der Waals surface area contributed by atoms with Gasteiger partial charge in [-0.3, -0.25) is 14.4 Å². The molecule has 1 amide bonds. The van der Waals surface area contributed by atoms with Gasteiger partial charge in [-0.2, -0.15) is 0 Å². The lowest BCUT2D eigenvalue weighted by Crippen LogP contribution is -2.42. The third kappa shape index (κ3) is 7.79. The van der Waals surface area contributed by atoms with E-state index >= 15 is 0 Å². The van der Waals surface area contributed by atoms with Crippen LogP contribution in [0.15, 0.2) is 30.3 Å². The SMILES string of the molecule is CC(C)CCC(CC(=O)C1CCCN1C(=O)CC(c1ccccc1)C(C)(C)C)C(=O)C(C)C. The molecule has 33 heavy (non-hydrogen) atoms. The fourth-order valence-electron chi connectivity index (χ4n) is 5.03. The van der Waals surface area contributed by atoms with Crippen LogP contribution in [0.1, 0.15) is 98.5 Å². The lowest BCUT2D eigenvalue weighted by atomic mass is 9.74. The Morgan fingerprint density at radius 1 is 0.970 bits per heavy atom. The van der Waals surface area contributed by atoms with Crippen molar-refractivity contribution < 1.29 is 14.4 Å². The number of rotatable bonds is 11. The predicted molar refractivity (Wildman–Crippen MR) is 135 cm³/mol. The zero-order chi connectivity index (χ0) is 24.8. The zero-order valence-corrected chi connectivity index (χ0v) is 21.9. The number of amides is 1. The molecular formula is C29H45NO3. The third-order valence-electron chi connectivity index (χ3n) is 7.08. The molecule has 0 saturated carbocycles. The molecule has 0 aliphatic carbocycles. The molecule has 0 bridgehead atoms. The lowest BCUT2D eigenvalue weighted by molar-refractivity contribution is -0.139. The minimum Gasteiger partial charge on any atom is -0.333 e. The molecule has 2 rings (SSSR count). The van der Waals surface area contributed by atoms with Gasteiger partial charge in [0.1, 0.15) is 5.78 Å². The van der Waals surface area contributed by atoms with Crippen LogP contribution in [0, 0.1) is 23.2 Å². The molecule has 1 fully saturated rings. The van der Waals surface area contributed by atoms with Crippen LogP contribution in [-0.4, -0.2) is 35.0 Å². The second kappa shape index (κ2) is 11.9. The van der Waals surface area contributed by atoms with Crippen LogP contribution < -0.4 is 0 Å². The first-order valence-electron chi connectivity index (χ1n) is 12.8. The van der Waals surface area contributed by atoms with Crippen LogP contribution in [0.3, 0.4) is 0 Å². The molecule has 3 unspecified atom stereocenters. The van der Waals surface area contributed by atoms with Crippen molar-refractivity contribution in [3.8, 4) is 0 Å². The van der Waals surface area contributed by atoms with E-state index < -0.39 is 0 Å². The summed E-state index contributed by atoms with van der Waals surface area (Å²) >= 11 is 0. The Hall–Kier alpha value is -1.97. The minimum absolute atomic E-state index is 0.0588. The maximum Gasteiger partial charge on any atom is 0.223 e. The molecular weight excluding hydrogens is 410 g/mol. The highest BCUT2D eigenvalue weighted by atomic mass is 16.2. The summed E-state index contributed by atoms with van der Waals surface area (Å²) in [6.07, 6.45) is 3.92. The van der Waals surface area contributed by atoms with E-state index in [2.05, 4.69) is 46.8 Å². The van der Waals surface area contributed by atoms with Gasteiger partial charge in [0, 0.05) is 31.2 Å². The zero-order valence-electron chi connectivity index (χ0n) is 21.9. The summed E-state index contributed by atoms with van der Waals surface area (Å²) in [5.74, 6) is 0.581. The standard InChI is InChI=1S/C29H45NO3/c1-20(2)15-16-23(28(33)21(3)4)18-26(31)25-14-11-17-30(25)27(32)19-24(29(5,6)7)22-12-9-8-10-13-22/h8-10,12-13,20-21,23-25H,11,14-19H2,1-7H3. The molecule has 0 aromatic heterocycles. The van der Waals surface area contributed by atoms with Crippen LogP contribution in [0.25, 0.3) is 0 Å². The summed E-state index contributed by atoms with van der Waals surface area (Å²) in [4.78, 5) is 41.4. The van der Waals surface area contributed by atoms with Gasteiger partial charge in [-0.15, -0.1) is 0 Å². The fourth-order valence-corrected chi connectivity index (χ4v) is 5.03. The van der Waals surface area contributed by atoms with Crippen LogP contribution in [-0.2, 0) is 14.4 Å². The van der Waals surface area contributed by atoms with E-state index in [1.54, 1.807) is 0 Å². The lowest BCUT2D eigenvalue weighted by Gasteiger charge is -2.33. The van der Waals surface area contributed by atoms with E-state index in [4.69, 9.17) is 0 Å². The van der Waals surface area contributed by atoms with E-state index in [9.17, 15) is 14.4 Å². The maximum atomic E-state index is 13.4. The van der Waals surface area contributed by atoms with Crippen LogP contribution in [0.5, 0.6) is 0 Å². The second-order valence-electron chi connectivity index (χ2n) is 11.7. The Bertz CT molecular complexity index is 791. The Labute approximate surface area is 201 Å². The molecule has 1 aromatic carbocycles. The first kappa shape index (κ1) is 27.3. The van der Waals surface area contributed by atoms with Crippen molar-refractivity contribution in [2.24, 2.45) is 23.2 Å². The quantitative estimate of drug-likeness (QED) is 0.386. The summed E-state index contributed by atoms with van der Waals surface area (Å²) in [5.41, 5.74) is 1.10. The Balaban J connectivity index is 2.13. The van der Waals surface area contributed by atoms with Crippen molar-refractivity contribution in [2.45, 2.75) is 99.0 Å². The number of nitrogens with zero attached hydrogens (tertiary/aromatic N) is 1. The van der Waals surface area contributed by atoms with Crippen LogP contribution >= 0.6 is 0 Å². The average Bonchev–Trinajstić information content (AvgIpc) is 3.24. The number of ketones is 2. The molecule has 1 aliphatic rings. The van der Waals surface area contributed by atoms with Crippen molar-refractivity contribution in [1.29, 1.82) is 0 Å². The van der Waals surface area contributed by atoms with Gasteiger partial charge in [-0.25, -0.2) is 0 Å². The predicted octanol–water partition coefficient (Wildman–Crippen LogP) is 6.43. The number of hydrogen-bond donors (Lipinski definition) is 0. The number of carbonyl (C=O) groups is 3. The first-order chi connectivity index (χ1) is 15.4. The summed E-state index contributed by atoms with van der Waals surface area (Å²) in [6.45, 7) is 15.3. The van der Waals surface area contributed by atoms with Crippen molar-refractivity contribution in [2.75, 3.05) is 6.54 Å². The normalized spacial score (nSPS) is 18.6. The van der Waals surface area contributed by atoms with Crippen molar-refractivity contribution in [1.82, 2.24) is 4.90 Å². The molecule has 1 saturated heterocycles. The molecule has 3 atom stereocenters. The number of carbonyl (C=O) groups excluding carboxylic acids is 3. The van der Waals surface area contributed by atoms with E-state index in [1.165, 1.54) is 0 Å². The van der Waals surface area contributed by atoms with Gasteiger partial charge in [0.2, 0.25) is 5.91 Å². The molecule has 1 aliphatic heterocycles. The van der Waals surface area contributed by atoms with Crippen molar-refractivity contribution in [3.05, 3.63) is 35.9 Å². The van der Waals surface area contributed by atoms with E-state index in [-0.39, 0.29) is 53.1 Å². The van der Waals surface area contributed by atoms with Gasteiger partial charge in [0.25, 0.3) is 0 Å². The van der Waals surface area contributed by atoms with Gasteiger partial charge >= 0.3 is 0 Å². The summed E-state index contributed by atoms with van der Waals surface area (Å²) in [6, 6.07) is 9.83. The molecule has 0 spiro atoms. The first-order valence-corrected chi connectivity index (χ1v) is 12.8. The minimum atomic E-state index is -0.379. The number of benzene rings is 1. The molecule has 4 nitrogen and oxygen atoms in total. The van der Waals surface area contributed by atoms with Gasteiger partial charge in [0.15, 0.2) is 5.78 Å². The highest BCUT2D eigenvalue weighted by Crippen LogP contribution is 2.39. The Morgan fingerprint density at radius 3 is 2.15 bits per heavy atom. The maximum absolute atomic E-state index is 13.4. The van der Waals surface area contributed by atoms with Gasteiger partial charge < -0.3 is 4.90 Å². The van der Waals surface area contributed by atoms with Crippen molar-refractivity contribution >= 4 is 17.5 Å². The number of Topliss-reactive ketones (excluding diaryl/α,β-unsaturated/α-hetero) is 2. The van der Waals surface area contributed by atoms with Crippen LogP contribution in [0.4, 0.5) is 0 Å².